The fraction of sp³-hybridized carbons (Fsp3) is 0.160. The Labute approximate surface area is 171 Å². The molecule has 1 N–H and O–H groups in total. The van der Waals surface area contributed by atoms with Crippen molar-refractivity contribution in [2.45, 2.75) is 19.1 Å². The summed E-state index contributed by atoms with van der Waals surface area (Å²) in [5.41, 5.74) is 4.44. The van der Waals surface area contributed by atoms with E-state index in [2.05, 4.69) is 41.2 Å². The molecule has 0 aliphatic carbocycles. The summed E-state index contributed by atoms with van der Waals surface area (Å²) in [7, 11) is 0. The van der Waals surface area contributed by atoms with Crippen molar-refractivity contribution in [2.75, 3.05) is 11.9 Å². The lowest BCUT2D eigenvalue weighted by molar-refractivity contribution is 0.306. The maximum atomic E-state index is 5.89. The molecule has 0 spiro atoms. The number of ether oxygens (including phenoxy) is 2. The predicted octanol–water partition coefficient (Wildman–Crippen LogP) is 5.32. The highest BCUT2D eigenvalue weighted by Crippen LogP contribution is 2.18. The van der Waals surface area contributed by atoms with Crippen LogP contribution < -0.4 is 10.1 Å². The van der Waals surface area contributed by atoms with E-state index in [9.17, 15) is 0 Å². The fourth-order valence-electron chi connectivity index (χ4n) is 3.14. The third kappa shape index (κ3) is 5.26. The number of hydrogen-bond donors (Lipinski definition) is 1. The molecule has 146 valence electrons. The predicted molar refractivity (Wildman–Crippen MR) is 118 cm³/mol. The lowest BCUT2D eigenvalue weighted by Gasteiger charge is -2.09. The number of aliphatic imine (C=N–C) groups is 1. The topological polar surface area (TPSA) is 42.9 Å². The molecule has 0 saturated heterocycles. The molecule has 3 aromatic carbocycles. The molecule has 0 bridgehead atoms. The Balaban J connectivity index is 1.28. The summed E-state index contributed by atoms with van der Waals surface area (Å²) >= 11 is 0. The van der Waals surface area contributed by atoms with Crippen LogP contribution in [0.15, 0.2) is 90.4 Å². The number of rotatable bonds is 7. The van der Waals surface area contributed by atoms with Crippen molar-refractivity contribution < 1.29 is 9.47 Å². The second-order valence-electron chi connectivity index (χ2n) is 6.97. The highest BCUT2D eigenvalue weighted by atomic mass is 16.5. The quantitative estimate of drug-likeness (QED) is 0.600. The average molecular weight is 384 g/mol. The molecule has 0 amide bonds. The van der Waals surface area contributed by atoms with Gasteiger partial charge >= 0.3 is 0 Å². The van der Waals surface area contributed by atoms with Gasteiger partial charge in [0.2, 0.25) is 0 Å². The van der Waals surface area contributed by atoms with E-state index in [4.69, 9.17) is 9.47 Å². The second-order valence-corrected chi connectivity index (χ2v) is 6.97. The highest BCUT2D eigenvalue weighted by molar-refractivity contribution is 5.90. The van der Waals surface area contributed by atoms with E-state index in [0.29, 0.717) is 19.2 Å². The van der Waals surface area contributed by atoms with Gasteiger partial charge in [0.05, 0.1) is 6.04 Å². The van der Waals surface area contributed by atoms with Crippen molar-refractivity contribution in [3.05, 3.63) is 102 Å². The van der Waals surface area contributed by atoms with E-state index in [1.165, 1.54) is 5.56 Å². The molecule has 1 unspecified atom stereocenters. The van der Waals surface area contributed by atoms with E-state index in [-0.39, 0.29) is 6.04 Å². The third-order valence-electron chi connectivity index (χ3n) is 4.75. The molecule has 29 heavy (non-hydrogen) atoms. The van der Waals surface area contributed by atoms with Gasteiger partial charge in [-0.15, -0.1) is 0 Å². The summed E-state index contributed by atoms with van der Waals surface area (Å²) in [6, 6.07) is 27.0. The molecule has 3 aromatic rings. The van der Waals surface area contributed by atoms with Gasteiger partial charge in [0.25, 0.3) is 6.02 Å². The fourth-order valence-corrected chi connectivity index (χ4v) is 3.14. The largest absolute Gasteiger partial charge is 0.489 e. The molecular formula is C25H24N2O2. The zero-order valence-electron chi connectivity index (χ0n) is 16.3. The first-order valence-corrected chi connectivity index (χ1v) is 9.74. The number of hydrogen-bond acceptors (Lipinski definition) is 4. The van der Waals surface area contributed by atoms with Gasteiger partial charge in [-0.2, -0.15) is 0 Å². The van der Waals surface area contributed by atoms with Crippen molar-refractivity contribution in [3.8, 4) is 5.75 Å². The molecule has 1 atom stereocenters. The van der Waals surface area contributed by atoms with Crippen molar-refractivity contribution >= 4 is 17.8 Å². The molecule has 1 aliphatic rings. The van der Waals surface area contributed by atoms with Gasteiger partial charge in [-0.25, -0.2) is 4.99 Å². The molecule has 4 nitrogen and oxygen atoms in total. The minimum atomic E-state index is 0.122. The molecule has 4 heteroatoms. The minimum absolute atomic E-state index is 0.122. The van der Waals surface area contributed by atoms with Crippen molar-refractivity contribution in [1.82, 2.24) is 0 Å². The minimum Gasteiger partial charge on any atom is -0.489 e. The van der Waals surface area contributed by atoms with Crippen LogP contribution in [0.25, 0.3) is 6.08 Å². The lowest BCUT2D eigenvalue weighted by Crippen LogP contribution is -2.11. The molecule has 1 heterocycles. The van der Waals surface area contributed by atoms with Gasteiger partial charge in [0.15, 0.2) is 0 Å². The van der Waals surface area contributed by atoms with Gasteiger partial charge in [-0.1, -0.05) is 67.3 Å². The zero-order chi connectivity index (χ0) is 19.9. The van der Waals surface area contributed by atoms with Crippen LogP contribution in [-0.2, 0) is 17.8 Å². The molecule has 0 aromatic heterocycles. The first kappa shape index (κ1) is 18.8. The van der Waals surface area contributed by atoms with Crippen LogP contribution in [0.3, 0.4) is 0 Å². The molecular weight excluding hydrogens is 360 g/mol. The van der Waals surface area contributed by atoms with Gasteiger partial charge in [-0.05, 0) is 47.4 Å². The first-order valence-electron chi connectivity index (χ1n) is 9.74. The molecule has 1 aliphatic heterocycles. The normalized spacial score (nSPS) is 15.3. The van der Waals surface area contributed by atoms with Crippen LogP contribution in [0.1, 0.15) is 16.7 Å². The SMILES string of the molecule is C=Cc1ccc(COc2ccc(CC3COC(Nc4ccccc4)=N3)cc2)cc1. The Kier molecular flexibility index (Phi) is 5.91. The Bertz CT molecular complexity index is 964. The Morgan fingerprint density at radius 1 is 0.966 bits per heavy atom. The smallest absolute Gasteiger partial charge is 0.289 e. The lowest BCUT2D eigenvalue weighted by atomic mass is 10.1. The number of para-hydroxylation sites is 1. The Morgan fingerprint density at radius 2 is 1.69 bits per heavy atom. The van der Waals surface area contributed by atoms with Crippen molar-refractivity contribution in [2.24, 2.45) is 4.99 Å². The molecule has 4 rings (SSSR count). The average Bonchev–Trinajstić information content (AvgIpc) is 3.21. The number of amidine groups is 1. The summed E-state index contributed by atoms with van der Waals surface area (Å²) in [5.74, 6) is 0.860. The van der Waals surface area contributed by atoms with Crippen molar-refractivity contribution in [1.29, 1.82) is 0 Å². The standard InChI is InChI=1S/C25H24N2O2/c1-2-19-8-10-21(11-9-19)17-28-24-14-12-20(13-15-24)16-23-18-29-25(27-23)26-22-6-4-3-5-7-22/h2-15,23H,1,16-18H2,(H,26,27). The van der Waals surface area contributed by atoms with Gasteiger partial charge in [0.1, 0.15) is 19.0 Å². The van der Waals surface area contributed by atoms with Crippen LogP contribution in [0.2, 0.25) is 0 Å². The van der Waals surface area contributed by atoms with Crippen LogP contribution >= 0.6 is 0 Å². The maximum Gasteiger partial charge on any atom is 0.289 e. The summed E-state index contributed by atoms with van der Waals surface area (Å²) in [6.45, 7) is 4.91. The van der Waals surface area contributed by atoms with Crippen LogP contribution in [0, 0.1) is 0 Å². The summed E-state index contributed by atoms with van der Waals surface area (Å²) in [6.07, 6.45) is 2.67. The van der Waals surface area contributed by atoms with E-state index in [1.807, 2.05) is 60.7 Å². The Morgan fingerprint density at radius 3 is 2.41 bits per heavy atom. The number of nitrogens with zero attached hydrogens (tertiary/aromatic N) is 1. The van der Waals surface area contributed by atoms with E-state index >= 15 is 0 Å². The second kappa shape index (κ2) is 9.11. The van der Waals surface area contributed by atoms with Crippen molar-refractivity contribution in [3.63, 3.8) is 0 Å². The van der Waals surface area contributed by atoms with Gasteiger partial charge < -0.3 is 14.8 Å². The first-order chi connectivity index (χ1) is 14.3. The summed E-state index contributed by atoms with van der Waals surface area (Å²) in [4.78, 5) is 4.64. The van der Waals surface area contributed by atoms with Crippen LogP contribution in [-0.4, -0.2) is 18.7 Å². The molecule has 0 fully saturated rings. The van der Waals surface area contributed by atoms with E-state index in [0.717, 1.165) is 29.0 Å². The van der Waals surface area contributed by atoms with Gasteiger partial charge in [0, 0.05) is 5.69 Å². The highest BCUT2D eigenvalue weighted by Gasteiger charge is 2.19. The van der Waals surface area contributed by atoms with E-state index in [1.54, 1.807) is 0 Å². The van der Waals surface area contributed by atoms with Crippen LogP contribution in [0.4, 0.5) is 5.69 Å². The summed E-state index contributed by atoms with van der Waals surface area (Å²) < 4.78 is 11.6. The third-order valence-corrected chi connectivity index (χ3v) is 4.75. The summed E-state index contributed by atoms with van der Waals surface area (Å²) in [5, 5.41) is 3.21. The number of nitrogens with one attached hydrogen (secondary N) is 1. The number of benzene rings is 3. The van der Waals surface area contributed by atoms with E-state index < -0.39 is 0 Å². The zero-order valence-corrected chi connectivity index (χ0v) is 16.3. The van der Waals surface area contributed by atoms with Gasteiger partial charge in [-0.3, -0.25) is 0 Å². The number of anilines is 1. The molecule has 0 saturated carbocycles. The molecule has 0 radical (unpaired) electrons. The van der Waals surface area contributed by atoms with Crippen LogP contribution in [0.5, 0.6) is 5.75 Å². The monoisotopic (exact) mass is 384 g/mol. The maximum absolute atomic E-state index is 5.89. The Hall–Kier alpha value is -3.53.